The molecule has 0 spiro atoms. The molecule has 0 unspecified atom stereocenters. The van der Waals surface area contributed by atoms with Gasteiger partial charge in [-0.2, -0.15) is 11.3 Å². The van der Waals surface area contributed by atoms with Crippen molar-refractivity contribution in [1.82, 2.24) is 10.2 Å². The van der Waals surface area contributed by atoms with Crippen LogP contribution in [0.15, 0.2) is 16.8 Å². The second kappa shape index (κ2) is 2.60. The van der Waals surface area contributed by atoms with Gasteiger partial charge < -0.3 is 5.73 Å². The molecule has 56 valence electrons. The predicted octanol–water partition coefficient (Wildman–Crippen LogP) is 1.85. The zero-order valence-corrected chi connectivity index (χ0v) is 7.15. The first-order valence-corrected chi connectivity index (χ1v) is 4.74. The van der Waals surface area contributed by atoms with Crippen LogP contribution in [-0.2, 0) is 0 Å². The Balaban J connectivity index is 2.45. The van der Waals surface area contributed by atoms with E-state index in [0.29, 0.717) is 5.13 Å². The monoisotopic (exact) mass is 183 g/mol. The highest BCUT2D eigenvalue weighted by molar-refractivity contribution is 7.18. The fourth-order valence-corrected chi connectivity index (χ4v) is 2.06. The molecule has 2 N–H and O–H groups in total. The minimum absolute atomic E-state index is 0.520. The van der Waals surface area contributed by atoms with Gasteiger partial charge in [0.1, 0.15) is 5.01 Å². The second-order valence-corrected chi connectivity index (χ2v) is 3.75. The molecule has 2 rings (SSSR count). The van der Waals surface area contributed by atoms with E-state index in [1.807, 2.05) is 16.8 Å². The van der Waals surface area contributed by atoms with Gasteiger partial charge in [-0.05, 0) is 11.4 Å². The van der Waals surface area contributed by atoms with Crippen molar-refractivity contribution in [3.8, 4) is 10.6 Å². The zero-order chi connectivity index (χ0) is 7.68. The Morgan fingerprint density at radius 2 is 2.27 bits per heavy atom. The van der Waals surface area contributed by atoms with Crippen molar-refractivity contribution in [2.45, 2.75) is 0 Å². The zero-order valence-electron chi connectivity index (χ0n) is 5.52. The summed E-state index contributed by atoms with van der Waals surface area (Å²) in [5, 5.41) is 13.1. The Bertz CT molecular complexity index is 338. The van der Waals surface area contributed by atoms with Crippen LogP contribution in [0.3, 0.4) is 0 Å². The van der Waals surface area contributed by atoms with Crippen molar-refractivity contribution in [1.29, 1.82) is 0 Å². The summed E-state index contributed by atoms with van der Waals surface area (Å²) in [4.78, 5) is 0. The lowest BCUT2D eigenvalue weighted by molar-refractivity contribution is 1.10. The summed E-state index contributed by atoms with van der Waals surface area (Å²) in [6, 6.07) is 2.00. The predicted molar refractivity (Wildman–Crippen MR) is 47.6 cm³/mol. The van der Waals surface area contributed by atoms with E-state index in [1.54, 1.807) is 11.3 Å². The van der Waals surface area contributed by atoms with E-state index < -0.39 is 0 Å². The number of nitrogen functional groups attached to an aromatic ring is 1. The molecule has 0 bridgehead atoms. The molecule has 0 radical (unpaired) electrons. The van der Waals surface area contributed by atoms with Crippen molar-refractivity contribution in [3.05, 3.63) is 16.8 Å². The smallest absolute Gasteiger partial charge is 0.203 e. The van der Waals surface area contributed by atoms with Crippen LogP contribution >= 0.6 is 22.7 Å². The summed E-state index contributed by atoms with van der Waals surface area (Å²) in [7, 11) is 0. The van der Waals surface area contributed by atoms with Gasteiger partial charge in [0, 0.05) is 10.9 Å². The molecule has 0 saturated carbocycles. The summed E-state index contributed by atoms with van der Waals surface area (Å²) in [6.45, 7) is 0. The number of nitrogens with two attached hydrogens (primary N) is 1. The van der Waals surface area contributed by atoms with Crippen molar-refractivity contribution in [2.24, 2.45) is 0 Å². The number of hydrogen-bond acceptors (Lipinski definition) is 5. The van der Waals surface area contributed by atoms with Gasteiger partial charge in [-0.15, -0.1) is 10.2 Å². The van der Waals surface area contributed by atoms with Gasteiger partial charge in [-0.1, -0.05) is 11.3 Å². The largest absolute Gasteiger partial charge is 0.374 e. The number of anilines is 1. The van der Waals surface area contributed by atoms with E-state index in [4.69, 9.17) is 5.73 Å². The van der Waals surface area contributed by atoms with Crippen molar-refractivity contribution in [3.63, 3.8) is 0 Å². The third-order valence-corrected chi connectivity index (χ3v) is 2.69. The summed E-state index contributed by atoms with van der Waals surface area (Å²) in [6.07, 6.45) is 0. The molecule has 2 aromatic heterocycles. The lowest BCUT2D eigenvalue weighted by Crippen LogP contribution is -1.79. The third-order valence-electron chi connectivity index (χ3n) is 1.21. The van der Waals surface area contributed by atoms with Gasteiger partial charge in [0.05, 0.1) is 0 Å². The molecule has 3 nitrogen and oxygen atoms in total. The average Bonchev–Trinajstić information content (AvgIpc) is 2.55. The van der Waals surface area contributed by atoms with Gasteiger partial charge in [0.15, 0.2) is 0 Å². The molecule has 0 aromatic carbocycles. The highest BCUT2D eigenvalue weighted by Crippen LogP contribution is 2.25. The minimum atomic E-state index is 0.520. The molecule has 0 aliphatic carbocycles. The van der Waals surface area contributed by atoms with Crippen LogP contribution in [0.25, 0.3) is 10.6 Å². The number of hydrogen-bond donors (Lipinski definition) is 1. The van der Waals surface area contributed by atoms with Crippen molar-refractivity contribution < 1.29 is 0 Å². The highest BCUT2D eigenvalue weighted by atomic mass is 32.1. The second-order valence-electron chi connectivity index (χ2n) is 1.96. The Hall–Kier alpha value is -0.940. The maximum atomic E-state index is 5.43. The van der Waals surface area contributed by atoms with E-state index in [1.165, 1.54) is 11.3 Å². The normalized spacial score (nSPS) is 10.2. The van der Waals surface area contributed by atoms with Crippen molar-refractivity contribution >= 4 is 27.8 Å². The summed E-state index contributed by atoms with van der Waals surface area (Å²) >= 11 is 3.05. The SMILES string of the molecule is Nc1nnc(-c2ccsc2)s1. The molecular weight excluding hydrogens is 178 g/mol. The van der Waals surface area contributed by atoms with Gasteiger partial charge in [-0.3, -0.25) is 0 Å². The summed E-state index contributed by atoms with van der Waals surface area (Å²) < 4.78 is 0. The lowest BCUT2D eigenvalue weighted by atomic mass is 10.4. The number of nitrogens with zero attached hydrogens (tertiary/aromatic N) is 2. The molecule has 0 atom stereocenters. The van der Waals surface area contributed by atoms with Crippen LogP contribution in [0.4, 0.5) is 5.13 Å². The molecule has 5 heteroatoms. The van der Waals surface area contributed by atoms with Crippen LogP contribution in [0.5, 0.6) is 0 Å². The summed E-state index contributed by atoms with van der Waals surface area (Å²) in [5.41, 5.74) is 6.53. The van der Waals surface area contributed by atoms with Gasteiger partial charge >= 0.3 is 0 Å². The first-order chi connectivity index (χ1) is 5.36. The number of aromatic nitrogens is 2. The fraction of sp³-hybridized carbons (Fsp3) is 0. The molecule has 0 aliphatic heterocycles. The number of rotatable bonds is 1. The Morgan fingerprint density at radius 3 is 2.82 bits per heavy atom. The standard InChI is InChI=1S/C6H5N3S2/c7-6-9-8-5(11-6)4-1-2-10-3-4/h1-3H,(H2,7,9). The first-order valence-electron chi connectivity index (χ1n) is 2.98. The molecule has 2 aromatic rings. The van der Waals surface area contributed by atoms with Crippen LogP contribution in [0.2, 0.25) is 0 Å². The lowest BCUT2D eigenvalue weighted by Gasteiger charge is -1.82. The molecule has 11 heavy (non-hydrogen) atoms. The van der Waals surface area contributed by atoms with Crippen molar-refractivity contribution in [2.75, 3.05) is 5.73 Å². The quantitative estimate of drug-likeness (QED) is 0.734. The van der Waals surface area contributed by atoms with Gasteiger partial charge in [0.2, 0.25) is 5.13 Å². The van der Waals surface area contributed by atoms with E-state index >= 15 is 0 Å². The summed E-state index contributed by atoms with van der Waals surface area (Å²) in [5.74, 6) is 0. The molecule has 2 heterocycles. The van der Waals surface area contributed by atoms with Crippen LogP contribution in [0, 0.1) is 0 Å². The van der Waals surface area contributed by atoms with Crippen LogP contribution in [0.1, 0.15) is 0 Å². The molecule has 0 amide bonds. The first kappa shape index (κ1) is 6.75. The molecule has 0 aliphatic rings. The maximum Gasteiger partial charge on any atom is 0.203 e. The van der Waals surface area contributed by atoms with Gasteiger partial charge in [0.25, 0.3) is 0 Å². The molecule has 0 saturated heterocycles. The minimum Gasteiger partial charge on any atom is -0.374 e. The average molecular weight is 183 g/mol. The van der Waals surface area contributed by atoms with E-state index in [0.717, 1.165) is 10.6 Å². The van der Waals surface area contributed by atoms with E-state index in [9.17, 15) is 0 Å². The molecule has 0 fully saturated rings. The maximum absolute atomic E-state index is 5.43. The van der Waals surface area contributed by atoms with Crippen LogP contribution < -0.4 is 5.73 Å². The Kier molecular flexibility index (Phi) is 1.59. The molecular formula is C6H5N3S2. The Morgan fingerprint density at radius 1 is 1.36 bits per heavy atom. The Labute approximate surface area is 71.5 Å². The fourth-order valence-electron chi connectivity index (χ4n) is 0.737. The van der Waals surface area contributed by atoms with Crippen LogP contribution in [-0.4, -0.2) is 10.2 Å². The highest BCUT2D eigenvalue weighted by Gasteiger charge is 2.02. The third kappa shape index (κ3) is 1.24. The van der Waals surface area contributed by atoms with E-state index in [-0.39, 0.29) is 0 Å². The number of thiophene rings is 1. The van der Waals surface area contributed by atoms with E-state index in [2.05, 4.69) is 10.2 Å². The topological polar surface area (TPSA) is 51.8 Å². The van der Waals surface area contributed by atoms with Gasteiger partial charge in [-0.25, -0.2) is 0 Å².